The first-order chi connectivity index (χ1) is 9.79. The summed E-state index contributed by atoms with van der Waals surface area (Å²) in [5.74, 6) is 4.45. The predicted molar refractivity (Wildman–Crippen MR) is 85.5 cm³/mol. The molecule has 1 saturated heterocycles. The van der Waals surface area contributed by atoms with Crippen LogP contribution in [0.2, 0.25) is 0 Å². The number of nitrogens with zero attached hydrogens (tertiary/aromatic N) is 3. The van der Waals surface area contributed by atoms with Gasteiger partial charge < -0.3 is 5.32 Å². The van der Waals surface area contributed by atoms with Crippen LogP contribution in [0.3, 0.4) is 0 Å². The van der Waals surface area contributed by atoms with E-state index >= 15 is 0 Å². The van der Waals surface area contributed by atoms with E-state index < -0.39 is 0 Å². The maximum absolute atomic E-state index is 4.92. The summed E-state index contributed by atoms with van der Waals surface area (Å²) < 4.78 is 0. The SMILES string of the molecule is CCNc1nc(C2CSCCN2C)nc2c1CCCC2. The monoisotopic (exact) mass is 292 g/mol. The number of hydrogen-bond acceptors (Lipinski definition) is 5. The first-order valence-electron chi connectivity index (χ1n) is 7.71. The first kappa shape index (κ1) is 14.1. The molecule has 20 heavy (non-hydrogen) atoms. The van der Waals surface area contributed by atoms with Crippen LogP contribution >= 0.6 is 11.8 Å². The lowest BCUT2D eigenvalue weighted by Gasteiger charge is -2.32. The number of nitrogens with one attached hydrogen (secondary N) is 1. The van der Waals surface area contributed by atoms with Crippen molar-refractivity contribution in [1.82, 2.24) is 14.9 Å². The van der Waals surface area contributed by atoms with Crippen molar-refractivity contribution in [2.75, 3.05) is 37.0 Å². The van der Waals surface area contributed by atoms with E-state index in [0.29, 0.717) is 6.04 Å². The second-order valence-electron chi connectivity index (χ2n) is 5.66. The molecular formula is C15H24N4S. The van der Waals surface area contributed by atoms with Crippen molar-refractivity contribution < 1.29 is 0 Å². The molecule has 0 bridgehead atoms. The number of fused-ring (bicyclic) bond motifs is 1. The molecule has 1 aromatic rings. The van der Waals surface area contributed by atoms with Gasteiger partial charge in [-0.3, -0.25) is 4.90 Å². The van der Waals surface area contributed by atoms with E-state index in [0.717, 1.165) is 43.3 Å². The number of aryl methyl sites for hydroxylation is 1. The average Bonchev–Trinajstić information content (AvgIpc) is 2.48. The Bertz CT molecular complexity index is 477. The fraction of sp³-hybridized carbons (Fsp3) is 0.733. The van der Waals surface area contributed by atoms with Crippen LogP contribution in [0.25, 0.3) is 0 Å². The van der Waals surface area contributed by atoms with E-state index in [1.54, 1.807) is 0 Å². The Balaban J connectivity index is 1.96. The van der Waals surface area contributed by atoms with Gasteiger partial charge in [-0.2, -0.15) is 11.8 Å². The summed E-state index contributed by atoms with van der Waals surface area (Å²) in [4.78, 5) is 12.2. The number of thioether (sulfide) groups is 1. The normalized spacial score (nSPS) is 23.4. The second kappa shape index (κ2) is 6.31. The summed E-state index contributed by atoms with van der Waals surface area (Å²) in [7, 11) is 2.19. The van der Waals surface area contributed by atoms with Gasteiger partial charge in [0.05, 0.1) is 6.04 Å². The molecule has 0 radical (unpaired) electrons. The van der Waals surface area contributed by atoms with Crippen molar-refractivity contribution in [3.8, 4) is 0 Å². The van der Waals surface area contributed by atoms with Crippen LogP contribution < -0.4 is 5.32 Å². The van der Waals surface area contributed by atoms with Gasteiger partial charge in [0.2, 0.25) is 0 Å². The maximum Gasteiger partial charge on any atom is 0.148 e. The van der Waals surface area contributed by atoms with Gasteiger partial charge in [0.1, 0.15) is 11.6 Å². The van der Waals surface area contributed by atoms with E-state index in [2.05, 4.69) is 24.2 Å². The highest BCUT2D eigenvalue weighted by Crippen LogP contribution is 2.31. The van der Waals surface area contributed by atoms with E-state index in [1.807, 2.05) is 11.8 Å². The van der Waals surface area contributed by atoms with Crippen LogP contribution in [0, 0.1) is 0 Å². The molecule has 1 aromatic heterocycles. The first-order valence-corrected chi connectivity index (χ1v) is 8.86. The maximum atomic E-state index is 4.92. The van der Waals surface area contributed by atoms with Gasteiger partial charge in [-0.25, -0.2) is 9.97 Å². The van der Waals surface area contributed by atoms with Crippen molar-refractivity contribution in [2.45, 2.75) is 38.6 Å². The van der Waals surface area contributed by atoms with Crippen LogP contribution in [-0.4, -0.2) is 46.5 Å². The number of rotatable bonds is 3. The zero-order valence-electron chi connectivity index (χ0n) is 12.5. The van der Waals surface area contributed by atoms with Crippen molar-refractivity contribution in [2.24, 2.45) is 0 Å². The summed E-state index contributed by atoms with van der Waals surface area (Å²) in [6, 6.07) is 0.374. The molecule has 4 nitrogen and oxygen atoms in total. The van der Waals surface area contributed by atoms with Gasteiger partial charge in [-0.1, -0.05) is 0 Å². The summed E-state index contributed by atoms with van der Waals surface area (Å²) in [5, 5.41) is 3.45. The minimum absolute atomic E-state index is 0.374. The lowest BCUT2D eigenvalue weighted by Crippen LogP contribution is -2.34. The molecule has 2 heterocycles. The Kier molecular flexibility index (Phi) is 4.46. The Morgan fingerprint density at radius 1 is 1.30 bits per heavy atom. The zero-order valence-corrected chi connectivity index (χ0v) is 13.3. The topological polar surface area (TPSA) is 41.1 Å². The van der Waals surface area contributed by atoms with Crippen molar-refractivity contribution in [1.29, 1.82) is 0 Å². The number of hydrogen-bond donors (Lipinski definition) is 1. The van der Waals surface area contributed by atoms with Crippen molar-refractivity contribution in [3.63, 3.8) is 0 Å². The minimum Gasteiger partial charge on any atom is -0.370 e. The molecule has 1 atom stereocenters. The van der Waals surface area contributed by atoms with Crippen molar-refractivity contribution >= 4 is 17.6 Å². The molecule has 1 aliphatic carbocycles. The third-order valence-corrected chi connectivity index (χ3v) is 5.26. The average molecular weight is 292 g/mol. The summed E-state index contributed by atoms with van der Waals surface area (Å²) in [5.41, 5.74) is 2.66. The van der Waals surface area contributed by atoms with Crippen LogP contribution in [0.4, 0.5) is 5.82 Å². The Hall–Kier alpha value is -0.810. The van der Waals surface area contributed by atoms with Gasteiger partial charge in [0.25, 0.3) is 0 Å². The highest BCUT2D eigenvalue weighted by molar-refractivity contribution is 7.99. The molecule has 1 N–H and O–H groups in total. The van der Waals surface area contributed by atoms with Crippen LogP contribution in [-0.2, 0) is 12.8 Å². The smallest absolute Gasteiger partial charge is 0.148 e. The van der Waals surface area contributed by atoms with E-state index in [9.17, 15) is 0 Å². The molecule has 0 amide bonds. The fourth-order valence-electron chi connectivity index (χ4n) is 3.03. The molecule has 0 spiro atoms. The highest BCUT2D eigenvalue weighted by Gasteiger charge is 2.26. The number of anilines is 1. The van der Waals surface area contributed by atoms with Crippen LogP contribution in [0.5, 0.6) is 0 Å². The predicted octanol–water partition coefficient (Wildman–Crippen LogP) is 2.51. The van der Waals surface area contributed by atoms with Crippen molar-refractivity contribution in [3.05, 3.63) is 17.1 Å². The molecular weight excluding hydrogens is 268 g/mol. The van der Waals surface area contributed by atoms with Crippen LogP contribution in [0.1, 0.15) is 42.9 Å². The van der Waals surface area contributed by atoms with E-state index in [4.69, 9.17) is 9.97 Å². The summed E-state index contributed by atoms with van der Waals surface area (Å²) >= 11 is 2.02. The molecule has 1 unspecified atom stereocenters. The van der Waals surface area contributed by atoms with Gasteiger partial charge in [-0.05, 0) is 39.7 Å². The third-order valence-electron chi connectivity index (χ3n) is 4.24. The van der Waals surface area contributed by atoms with Crippen LogP contribution in [0.15, 0.2) is 0 Å². The van der Waals surface area contributed by atoms with Gasteiger partial charge in [0.15, 0.2) is 0 Å². The third kappa shape index (κ3) is 2.79. The quantitative estimate of drug-likeness (QED) is 0.927. The lowest BCUT2D eigenvalue weighted by atomic mass is 9.96. The number of aromatic nitrogens is 2. The fourth-order valence-corrected chi connectivity index (χ4v) is 4.24. The Morgan fingerprint density at radius 2 is 2.15 bits per heavy atom. The molecule has 3 rings (SSSR count). The summed E-state index contributed by atoms with van der Waals surface area (Å²) in [6.45, 7) is 4.20. The molecule has 0 aromatic carbocycles. The molecule has 110 valence electrons. The molecule has 0 saturated carbocycles. The second-order valence-corrected chi connectivity index (χ2v) is 6.81. The Morgan fingerprint density at radius 3 is 2.95 bits per heavy atom. The summed E-state index contributed by atoms with van der Waals surface area (Å²) in [6.07, 6.45) is 4.79. The standard InChI is InChI=1S/C15H24N4S/c1-3-16-14-11-6-4-5-7-12(11)17-15(18-14)13-10-20-9-8-19(13)2/h13H,3-10H2,1-2H3,(H,16,17,18). The van der Waals surface area contributed by atoms with Gasteiger partial charge >= 0.3 is 0 Å². The lowest BCUT2D eigenvalue weighted by molar-refractivity contribution is 0.264. The largest absolute Gasteiger partial charge is 0.370 e. The molecule has 2 aliphatic rings. The molecule has 1 aliphatic heterocycles. The molecule has 1 fully saturated rings. The van der Waals surface area contributed by atoms with Gasteiger partial charge in [-0.15, -0.1) is 0 Å². The Labute approximate surface area is 125 Å². The van der Waals surface area contributed by atoms with E-state index in [1.165, 1.54) is 29.9 Å². The molecule has 5 heteroatoms. The highest BCUT2D eigenvalue weighted by atomic mass is 32.2. The van der Waals surface area contributed by atoms with Gasteiger partial charge in [0, 0.05) is 35.9 Å². The van der Waals surface area contributed by atoms with E-state index in [-0.39, 0.29) is 0 Å². The zero-order chi connectivity index (χ0) is 13.9. The minimum atomic E-state index is 0.374.